The Morgan fingerprint density at radius 1 is 1.11 bits per heavy atom. The van der Waals surface area contributed by atoms with Crippen LogP contribution in [0.15, 0.2) is 48.5 Å². The van der Waals surface area contributed by atoms with Crippen LogP contribution in [0.2, 0.25) is 0 Å². The Hall–Kier alpha value is -4.45. The van der Waals surface area contributed by atoms with E-state index < -0.39 is 11.7 Å². The van der Waals surface area contributed by atoms with Crippen molar-refractivity contribution in [2.45, 2.75) is 65.2 Å². The molecule has 0 unspecified atom stereocenters. The number of aromatic nitrogens is 4. The van der Waals surface area contributed by atoms with Gasteiger partial charge in [-0.3, -0.25) is 5.32 Å². The first-order chi connectivity index (χ1) is 21.0. The van der Waals surface area contributed by atoms with Gasteiger partial charge in [0.05, 0.1) is 12.3 Å². The van der Waals surface area contributed by atoms with E-state index in [1.807, 2.05) is 65.0 Å². The summed E-state index contributed by atoms with van der Waals surface area (Å²) in [6.07, 6.45) is -0.200. The molecule has 2 amide bonds. The van der Waals surface area contributed by atoms with Crippen molar-refractivity contribution in [3.63, 3.8) is 0 Å². The summed E-state index contributed by atoms with van der Waals surface area (Å²) in [4.78, 5) is 37.3. The maximum atomic E-state index is 12.5. The van der Waals surface area contributed by atoms with Gasteiger partial charge in [-0.25, -0.2) is 19.3 Å². The molecule has 230 valence electrons. The van der Waals surface area contributed by atoms with Crippen LogP contribution in [0.25, 0.3) is 22.1 Å². The van der Waals surface area contributed by atoms with E-state index in [9.17, 15) is 9.59 Å². The van der Waals surface area contributed by atoms with Crippen LogP contribution >= 0.6 is 11.3 Å². The molecule has 0 spiro atoms. The fourth-order valence-corrected chi connectivity index (χ4v) is 6.12. The Morgan fingerprint density at radius 3 is 2.61 bits per heavy atom. The maximum Gasteiger partial charge on any atom is 0.414 e. The smallest absolute Gasteiger partial charge is 0.414 e. The lowest BCUT2D eigenvalue weighted by atomic mass is 9.90. The first-order valence-electron chi connectivity index (χ1n) is 14.7. The number of nitrogens with one attached hydrogen (secondary N) is 1. The molecule has 12 heteroatoms. The monoisotopic (exact) mass is 616 g/mol. The molecule has 0 saturated carbocycles. The summed E-state index contributed by atoms with van der Waals surface area (Å²) in [5, 5.41) is 7.90. The van der Waals surface area contributed by atoms with Crippen LogP contribution in [-0.4, -0.2) is 62.1 Å². The molecule has 1 fully saturated rings. The van der Waals surface area contributed by atoms with Gasteiger partial charge in [0.1, 0.15) is 18.0 Å². The zero-order valence-corrected chi connectivity index (χ0v) is 26.3. The number of hydrogen-bond acceptors (Lipinski definition) is 9. The summed E-state index contributed by atoms with van der Waals surface area (Å²) in [5.74, 6) is 1.74. The number of benzene rings is 2. The molecular formula is C32H36N6O5S. The molecule has 0 bridgehead atoms. The topological polar surface area (TPSA) is 121 Å². The Labute approximate surface area is 260 Å². The van der Waals surface area contributed by atoms with Crippen LogP contribution < -0.4 is 10.1 Å². The minimum absolute atomic E-state index is 0.0157. The lowest BCUT2D eigenvalue weighted by Crippen LogP contribution is -2.50. The van der Waals surface area contributed by atoms with Gasteiger partial charge in [-0.15, -0.1) is 16.4 Å². The Kier molecular flexibility index (Phi) is 8.02. The molecule has 2 aromatic carbocycles. The third-order valence-corrected chi connectivity index (χ3v) is 8.40. The van der Waals surface area contributed by atoms with E-state index in [4.69, 9.17) is 19.2 Å². The van der Waals surface area contributed by atoms with Crippen molar-refractivity contribution in [1.82, 2.24) is 24.6 Å². The SMILES string of the molecule is CC(C)n1nc(NC(=O)OCc2ccccc2)nc1-c1nc2c(s1)CCOc1cc(C3CN(C(=O)OC(C)(C)C)C3)ccc1-2. The number of carbonyl (C=O) groups excluding carboxylic acids is 2. The van der Waals surface area contributed by atoms with Gasteiger partial charge in [-0.1, -0.05) is 36.4 Å². The third-order valence-electron chi connectivity index (χ3n) is 7.29. The molecule has 44 heavy (non-hydrogen) atoms. The van der Waals surface area contributed by atoms with E-state index in [0.29, 0.717) is 36.9 Å². The molecule has 4 aromatic rings. The predicted octanol–water partition coefficient (Wildman–Crippen LogP) is 6.67. The summed E-state index contributed by atoms with van der Waals surface area (Å²) >= 11 is 1.55. The number of anilines is 1. The molecule has 0 radical (unpaired) electrons. The quantitative estimate of drug-likeness (QED) is 0.255. The van der Waals surface area contributed by atoms with Crippen LogP contribution in [0.3, 0.4) is 0 Å². The standard InChI is InChI=1S/C32H36N6O5S/c1-19(2)38-27(34-29(36-38)35-30(39)42-18-20-9-7-6-8-10-20)28-33-26-23-12-11-21(15-24(23)41-14-13-25(26)44-28)22-16-37(17-22)31(40)43-32(3,4)5/h6-12,15,19,22H,13-14,16-18H2,1-5H3,(H,35,36,39). The van der Waals surface area contributed by atoms with Gasteiger partial charge in [-0.05, 0) is 57.9 Å². The molecular weight excluding hydrogens is 580 g/mol. The van der Waals surface area contributed by atoms with E-state index in [1.165, 1.54) is 0 Å². The first-order valence-corrected chi connectivity index (χ1v) is 15.5. The van der Waals surface area contributed by atoms with E-state index in [1.54, 1.807) is 20.9 Å². The molecule has 0 atom stereocenters. The number of nitrogens with zero attached hydrogens (tertiary/aromatic N) is 5. The van der Waals surface area contributed by atoms with Gasteiger partial charge >= 0.3 is 12.2 Å². The summed E-state index contributed by atoms with van der Waals surface area (Å²) in [6.45, 7) is 11.5. The molecule has 2 aromatic heterocycles. The van der Waals surface area contributed by atoms with E-state index in [-0.39, 0.29) is 30.6 Å². The number of thiazole rings is 1. The highest BCUT2D eigenvalue weighted by molar-refractivity contribution is 7.15. The van der Waals surface area contributed by atoms with Crippen molar-refractivity contribution >= 4 is 29.5 Å². The minimum atomic E-state index is -0.626. The van der Waals surface area contributed by atoms with E-state index in [0.717, 1.165) is 33.0 Å². The highest BCUT2D eigenvalue weighted by Crippen LogP contribution is 2.42. The Morgan fingerprint density at radius 2 is 1.89 bits per heavy atom. The van der Waals surface area contributed by atoms with Gasteiger partial charge in [0.2, 0.25) is 0 Å². The predicted molar refractivity (Wildman–Crippen MR) is 167 cm³/mol. The van der Waals surface area contributed by atoms with Crippen molar-refractivity contribution in [2.24, 2.45) is 0 Å². The molecule has 0 aliphatic carbocycles. The number of fused-ring (bicyclic) bond motifs is 3. The van der Waals surface area contributed by atoms with Gasteiger partial charge in [0, 0.05) is 41.9 Å². The Balaban J connectivity index is 1.19. The lowest BCUT2D eigenvalue weighted by molar-refractivity contribution is 0.00818. The minimum Gasteiger partial charge on any atom is -0.492 e. The number of rotatable bonds is 6. The molecule has 6 rings (SSSR count). The van der Waals surface area contributed by atoms with Crippen molar-refractivity contribution in [3.05, 3.63) is 64.5 Å². The number of hydrogen-bond donors (Lipinski definition) is 1. The van der Waals surface area contributed by atoms with Gasteiger partial charge in [-0.2, -0.15) is 4.98 Å². The highest BCUT2D eigenvalue weighted by atomic mass is 32.1. The van der Waals surface area contributed by atoms with Crippen molar-refractivity contribution in [3.8, 4) is 27.8 Å². The number of ether oxygens (including phenoxy) is 3. The molecule has 2 aliphatic heterocycles. The second-order valence-corrected chi connectivity index (χ2v) is 13.3. The molecule has 2 aliphatic rings. The fourth-order valence-electron chi connectivity index (χ4n) is 5.09. The largest absolute Gasteiger partial charge is 0.492 e. The van der Waals surface area contributed by atoms with Crippen LogP contribution in [0.1, 0.15) is 62.6 Å². The average Bonchev–Trinajstić information content (AvgIpc) is 3.51. The number of likely N-dealkylation sites (tertiary alicyclic amines) is 1. The van der Waals surface area contributed by atoms with Crippen molar-refractivity contribution in [1.29, 1.82) is 0 Å². The second kappa shape index (κ2) is 11.9. The van der Waals surface area contributed by atoms with Gasteiger partial charge in [0.25, 0.3) is 5.95 Å². The van der Waals surface area contributed by atoms with E-state index in [2.05, 4.69) is 33.6 Å². The van der Waals surface area contributed by atoms with Crippen molar-refractivity contribution < 1.29 is 23.8 Å². The zero-order valence-electron chi connectivity index (χ0n) is 25.5. The van der Waals surface area contributed by atoms with Gasteiger partial charge < -0.3 is 19.1 Å². The van der Waals surface area contributed by atoms with E-state index >= 15 is 0 Å². The number of amides is 2. The molecule has 1 N–H and O–H groups in total. The summed E-state index contributed by atoms with van der Waals surface area (Å²) in [7, 11) is 0. The summed E-state index contributed by atoms with van der Waals surface area (Å²) in [6, 6.07) is 15.7. The van der Waals surface area contributed by atoms with Crippen LogP contribution in [0, 0.1) is 0 Å². The Bertz CT molecular complexity index is 1670. The molecule has 4 heterocycles. The van der Waals surface area contributed by atoms with Crippen molar-refractivity contribution in [2.75, 3.05) is 25.0 Å². The molecule has 1 saturated heterocycles. The maximum absolute atomic E-state index is 12.5. The summed E-state index contributed by atoms with van der Waals surface area (Å²) in [5.41, 5.74) is 3.28. The molecule has 11 nitrogen and oxygen atoms in total. The number of carbonyl (C=O) groups is 2. The van der Waals surface area contributed by atoms with Gasteiger partial charge in [0.15, 0.2) is 10.8 Å². The average molecular weight is 617 g/mol. The fraction of sp³-hybridized carbons (Fsp3) is 0.406. The van der Waals surface area contributed by atoms with Crippen LogP contribution in [0.5, 0.6) is 5.75 Å². The second-order valence-electron chi connectivity index (χ2n) is 12.2. The van der Waals surface area contributed by atoms with Crippen LogP contribution in [0.4, 0.5) is 15.5 Å². The normalized spacial score (nSPS) is 14.6. The lowest BCUT2D eigenvalue weighted by Gasteiger charge is -2.40. The van der Waals surface area contributed by atoms with Crippen LogP contribution in [-0.2, 0) is 22.5 Å². The zero-order chi connectivity index (χ0) is 31.0. The third kappa shape index (κ3) is 6.40. The summed E-state index contributed by atoms with van der Waals surface area (Å²) < 4.78 is 18.8. The highest BCUT2D eigenvalue weighted by Gasteiger charge is 2.35. The first kappa shape index (κ1) is 29.6.